The Balaban J connectivity index is 1.69. The Morgan fingerprint density at radius 3 is 2.90 bits per heavy atom. The number of aromatic nitrogens is 2. The zero-order valence-corrected chi connectivity index (χ0v) is 12.2. The summed E-state index contributed by atoms with van der Waals surface area (Å²) in [5.74, 6) is -0.242. The molecule has 0 radical (unpaired) electrons. The summed E-state index contributed by atoms with van der Waals surface area (Å²) in [6.07, 6.45) is 6.57. The maximum atomic E-state index is 13.3. The van der Waals surface area contributed by atoms with Crippen LogP contribution in [0.1, 0.15) is 32.1 Å². The van der Waals surface area contributed by atoms with Gasteiger partial charge in [-0.15, -0.1) is 0 Å². The largest absolute Gasteiger partial charge is 0.376 e. The van der Waals surface area contributed by atoms with Gasteiger partial charge in [-0.05, 0) is 43.3 Å². The predicted molar refractivity (Wildman–Crippen MR) is 79.9 cm³/mol. The number of fused-ring (bicyclic) bond motifs is 1. The molecule has 0 saturated heterocycles. The molecule has 2 aromatic rings. The maximum absolute atomic E-state index is 13.3. The van der Waals surface area contributed by atoms with Gasteiger partial charge in [0.1, 0.15) is 5.82 Å². The molecule has 3 nitrogen and oxygen atoms in total. The van der Waals surface area contributed by atoms with Gasteiger partial charge in [-0.1, -0.05) is 19.3 Å². The maximum Gasteiger partial charge on any atom is 0.178 e. The number of ether oxygens (including phenoxy) is 1. The van der Waals surface area contributed by atoms with Crippen LogP contribution in [0.3, 0.4) is 0 Å². The molecule has 3 rings (SSSR count). The van der Waals surface area contributed by atoms with Crippen molar-refractivity contribution >= 4 is 23.3 Å². The molecule has 1 aromatic heterocycles. The monoisotopic (exact) mass is 294 g/mol. The number of hydrogen-bond acceptors (Lipinski definition) is 2. The fraction of sp³-hybridized carbons (Fsp3) is 0.533. The predicted octanol–water partition coefficient (Wildman–Crippen LogP) is 4.19. The van der Waals surface area contributed by atoms with Gasteiger partial charge in [-0.2, -0.15) is 0 Å². The highest BCUT2D eigenvalue weighted by Gasteiger charge is 2.13. The van der Waals surface area contributed by atoms with Crippen molar-refractivity contribution in [3.8, 4) is 0 Å². The third-order valence-corrected chi connectivity index (χ3v) is 4.28. The van der Waals surface area contributed by atoms with E-state index in [1.54, 1.807) is 6.07 Å². The lowest BCUT2D eigenvalue weighted by Gasteiger charge is -2.22. The third kappa shape index (κ3) is 2.94. The molecule has 0 atom stereocenters. The molecule has 1 saturated carbocycles. The van der Waals surface area contributed by atoms with Gasteiger partial charge in [-0.25, -0.2) is 4.39 Å². The van der Waals surface area contributed by atoms with Gasteiger partial charge < -0.3 is 14.3 Å². The average molecular weight is 294 g/mol. The van der Waals surface area contributed by atoms with Crippen molar-refractivity contribution in [1.29, 1.82) is 0 Å². The van der Waals surface area contributed by atoms with E-state index in [0.29, 0.717) is 24.0 Å². The molecular formula is C15H19FN2OS. The molecule has 0 amide bonds. The molecule has 0 spiro atoms. The highest BCUT2D eigenvalue weighted by atomic mass is 32.1. The summed E-state index contributed by atoms with van der Waals surface area (Å²) in [5, 5.41) is 0. The summed E-state index contributed by atoms with van der Waals surface area (Å²) in [6.45, 7) is 1.29. The normalized spacial score (nSPS) is 16.9. The minimum atomic E-state index is -0.242. The van der Waals surface area contributed by atoms with Gasteiger partial charge >= 0.3 is 0 Å². The van der Waals surface area contributed by atoms with Gasteiger partial charge in [0.2, 0.25) is 0 Å². The first-order chi connectivity index (χ1) is 9.74. The van der Waals surface area contributed by atoms with Gasteiger partial charge in [0, 0.05) is 6.54 Å². The summed E-state index contributed by atoms with van der Waals surface area (Å²) in [5.41, 5.74) is 1.68. The van der Waals surface area contributed by atoms with Crippen LogP contribution in [-0.4, -0.2) is 22.3 Å². The molecule has 1 N–H and O–H groups in total. The van der Waals surface area contributed by atoms with Crippen molar-refractivity contribution in [3.05, 3.63) is 28.8 Å². The number of nitrogens with zero attached hydrogens (tertiary/aromatic N) is 1. The Bertz CT molecular complexity index is 643. The first-order valence-corrected chi connectivity index (χ1v) is 7.64. The Kier molecular flexibility index (Phi) is 4.17. The van der Waals surface area contributed by atoms with Crippen molar-refractivity contribution in [2.24, 2.45) is 0 Å². The zero-order chi connectivity index (χ0) is 13.9. The fourth-order valence-electron chi connectivity index (χ4n) is 2.89. The lowest BCUT2D eigenvalue weighted by Crippen LogP contribution is -2.19. The second kappa shape index (κ2) is 6.06. The molecule has 0 aliphatic heterocycles. The highest BCUT2D eigenvalue weighted by Crippen LogP contribution is 2.21. The molecule has 1 aliphatic carbocycles. The van der Waals surface area contributed by atoms with E-state index >= 15 is 0 Å². The van der Waals surface area contributed by atoms with Gasteiger partial charge in [0.25, 0.3) is 0 Å². The van der Waals surface area contributed by atoms with Crippen LogP contribution in [0, 0.1) is 10.6 Å². The molecule has 5 heteroatoms. The van der Waals surface area contributed by atoms with Crippen LogP contribution >= 0.6 is 12.2 Å². The van der Waals surface area contributed by atoms with E-state index in [9.17, 15) is 4.39 Å². The van der Waals surface area contributed by atoms with Crippen molar-refractivity contribution in [1.82, 2.24) is 9.55 Å². The molecule has 1 aromatic carbocycles. The lowest BCUT2D eigenvalue weighted by atomic mass is 9.98. The Morgan fingerprint density at radius 1 is 1.30 bits per heavy atom. The number of hydrogen-bond donors (Lipinski definition) is 1. The summed E-state index contributed by atoms with van der Waals surface area (Å²) in [6, 6.07) is 4.68. The minimum Gasteiger partial charge on any atom is -0.376 e. The topological polar surface area (TPSA) is 29.9 Å². The van der Waals surface area contributed by atoms with E-state index in [1.165, 1.54) is 31.4 Å². The van der Waals surface area contributed by atoms with Crippen LogP contribution in [0.5, 0.6) is 0 Å². The van der Waals surface area contributed by atoms with Gasteiger partial charge in [0.05, 0.1) is 23.7 Å². The van der Waals surface area contributed by atoms with E-state index in [0.717, 1.165) is 23.9 Å². The number of imidazole rings is 1. The highest BCUT2D eigenvalue weighted by molar-refractivity contribution is 7.71. The van der Waals surface area contributed by atoms with Crippen molar-refractivity contribution in [2.45, 2.75) is 44.8 Å². The van der Waals surface area contributed by atoms with Crippen molar-refractivity contribution in [3.63, 3.8) is 0 Å². The molecule has 0 unspecified atom stereocenters. The summed E-state index contributed by atoms with van der Waals surface area (Å²) >= 11 is 5.30. The molecule has 20 heavy (non-hydrogen) atoms. The standard InChI is InChI=1S/C15H19FN2OS/c16-11-6-7-13-14(10-11)18(15(20)17-13)8-9-19-12-4-2-1-3-5-12/h6-7,10,12H,1-5,8-9H2,(H,17,20). The summed E-state index contributed by atoms with van der Waals surface area (Å²) in [7, 11) is 0. The Hall–Kier alpha value is -1.20. The van der Waals surface area contributed by atoms with E-state index in [-0.39, 0.29) is 5.82 Å². The van der Waals surface area contributed by atoms with E-state index in [2.05, 4.69) is 4.98 Å². The second-order valence-electron chi connectivity index (χ2n) is 5.37. The number of benzene rings is 1. The van der Waals surface area contributed by atoms with Gasteiger partial charge in [-0.3, -0.25) is 0 Å². The smallest absolute Gasteiger partial charge is 0.178 e. The average Bonchev–Trinajstić information content (AvgIpc) is 2.76. The number of rotatable bonds is 4. The fourth-order valence-corrected chi connectivity index (χ4v) is 3.19. The van der Waals surface area contributed by atoms with Gasteiger partial charge in [0.15, 0.2) is 4.77 Å². The third-order valence-electron chi connectivity index (χ3n) is 3.96. The second-order valence-corrected chi connectivity index (χ2v) is 5.76. The molecule has 1 aliphatic rings. The number of nitrogens with one attached hydrogen (secondary N) is 1. The first kappa shape index (κ1) is 13.8. The van der Waals surface area contributed by atoms with E-state index in [4.69, 9.17) is 17.0 Å². The molecule has 108 valence electrons. The minimum absolute atomic E-state index is 0.242. The van der Waals surface area contributed by atoms with Crippen LogP contribution in [0.4, 0.5) is 4.39 Å². The van der Waals surface area contributed by atoms with Crippen LogP contribution in [0.25, 0.3) is 11.0 Å². The lowest BCUT2D eigenvalue weighted by molar-refractivity contribution is 0.0243. The number of aromatic amines is 1. The van der Waals surface area contributed by atoms with Crippen molar-refractivity contribution in [2.75, 3.05) is 6.61 Å². The quantitative estimate of drug-likeness (QED) is 0.857. The van der Waals surface area contributed by atoms with Crippen LogP contribution in [-0.2, 0) is 11.3 Å². The SMILES string of the molecule is Fc1ccc2[nH]c(=S)n(CCOC3CCCCC3)c2c1. The Labute approximate surface area is 122 Å². The number of H-pyrrole nitrogens is 1. The molecule has 1 heterocycles. The summed E-state index contributed by atoms with van der Waals surface area (Å²) < 4.78 is 21.8. The van der Waals surface area contributed by atoms with Crippen LogP contribution < -0.4 is 0 Å². The molecular weight excluding hydrogens is 275 g/mol. The Morgan fingerprint density at radius 2 is 2.10 bits per heavy atom. The van der Waals surface area contributed by atoms with Crippen LogP contribution in [0.2, 0.25) is 0 Å². The van der Waals surface area contributed by atoms with Crippen molar-refractivity contribution < 1.29 is 9.13 Å². The van der Waals surface area contributed by atoms with Crippen LogP contribution in [0.15, 0.2) is 18.2 Å². The summed E-state index contributed by atoms with van der Waals surface area (Å²) in [4.78, 5) is 3.10. The molecule has 0 bridgehead atoms. The number of halogens is 1. The zero-order valence-electron chi connectivity index (χ0n) is 11.4. The molecule has 1 fully saturated rings. The van der Waals surface area contributed by atoms with E-state index < -0.39 is 0 Å². The first-order valence-electron chi connectivity index (χ1n) is 7.24. The van der Waals surface area contributed by atoms with E-state index in [1.807, 2.05) is 4.57 Å².